The molecule has 0 radical (unpaired) electrons. The Morgan fingerprint density at radius 1 is 1.25 bits per heavy atom. The van der Waals surface area contributed by atoms with Gasteiger partial charge < -0.3 is 4.74 Å². The average molecular weight is 209 g/mol. The van der Waals surface area contributed by atoms with Crippen molar-refractivity contribution < 1.29 is 4.74 Å². The van der Waals surface area contributed by atoms with Crippen LogP contribution < -0.4 is 4.74 Å². The SMILES string of the molecule is COc1cc(/C=C/C#N)c2ccccc2c1. The van der Waals surface area contributed by atoms with Crippen molar-refractivity contribution in [3.8, 4) is 11.8 Å². The second-order valence-electron chi connectivity index (χ2n) is 3.40. The van der Waals surface area contributed by atoms with E-state index >= 15 is 0 Å². The summed E-state index contributed by atoms with van der Waals surface area (Å²) >= 11 is 0. The predicted octanol–water partition coefficient (Wildman–Crippen LogP) is 3.39. The number of hydrogen-bond donors (Lipinski definition) is 0. The van der Waals surface area contributed by atoms with Crippen LogP contribution in [0.3, 0.4) is 0 Å². The van der Waals surface area contributed by atoms with Gasteiger partial charge in [-0.25, -0.2) is 0 Å². The van der Waals surface area contributed by atoms with Gasteiger partial charge in [0.15, 0.2) is 0 Å². The van der Waals surface area contributed by atoms with Gasteiger partial charge in [-0.05, 0) is 34.5 Å². The molecule has 0 aliphatic carbocycles. The Morgan fingerprint density at radius 2 is 2.06 bits per heavy atom. The van der Waals surface area contributed by atoms with Gasteiger partial charge in [0.25, 0.3) is 0 Å². The third kappa shape index (κ3) is 1.89. The third-order valence-electron chi connectivity index (χ3n) is 2.44. The van der Waals surface area contributed by atoms with Gasteiger partial charge in [-0.1, -0.05) is 24.3 Å². The molecule has 2 rings (SSSR count). The number of nitrogens with zero attached hydrogens (tertiary/aromatic N) is 1. The molecule has 0 saturated carbocycles. The topological polar surface area (TPSA) is 33.0 Å². The Balaban J connectivity index is 2.69. The second-order valence-corrected chi connectivity index (χ2v) is 3.40. The summed E-state index contributed by atoms with van der Waals surface area (Å²) in [6.45, 7) is 0. The molecular formula is C14H11NO. The number of methoxy groups -OCH3 is 1. The van der Waals surface area contributed by atoms with Crippen LogP contribution >= 0.6 is 0 Å². The van der Waals surface area contributed by atoms with E-state index < -0.39 is 0 Å². The molecule has 0 bridgehead atoms. The zero-order chi connectivity index (χ0) is 11.4. The number of ether oxygens (including phenoxy) is 1. The van der Waals surface area contributed by atoms with E-state index in [1.807, 2.05) is 42.5 Å². The summed E-state index contributed by atoms with van der Waals surface area (Å²) in [5.74, 6) is 0.802. The van der Waals surface area contributed by atoms with Crippen molar-refractivity contribution in [3.63, 3.8) is 0 Å². The van der Waals surface area contributed by atoms with E-state index in [0.717, 1.165) is 22.1 Å². The maximum Gasteiger partial charge on any atom is 0.120 e. The van der Waals surface area contributed by atoms with E-state index in [2.05, 4.69) is 0 Å². The van der Waals surface area contributed by atoms with Gasteiger partial charge in [0, 0.05) is 6.08 Å². The van der Waals surface area contributed by atoms with E-state index in [9.17, 15) is 0 Å². The number of benzene rings is 2. The molecule has 0 fully saturated rings. The predicted molar refractivity (Wildman–Crippen MR) is 65.1 cm³/mol. The lowest BCUT2D eigenvalue weighted by molar-refractivity contribution is 0.415. The minimum absolute atomic E-state index is 0.802. The Hall–Kier alpha value is -2.27. The van der Waals surface area contributed by atoms with Crippen molar-refractivity contribution in [2.24, 2.45) is 0 Å². The largest absolute Gasteiger partial charge is 0.497 e. The number of nitriles is 1. The highest BCUT2D eigenvalue weighted by molar-refractivity contribution is 5.92. The minimum atomic E-state index is 0.802. The molecule has 78 valence electrons. The van der Waals surface area contributed by atoms with Crippen molar-refractivity contribution in [1.29, 1.82) is 5.26 Å². The summed E-state index contributed by atoms with van der Waals surface area (Å²) < 4.78 is 5.23. The van der Waals surface area contributed by atoms with Gasteiger partial charge in [0.2, 0.25) is 0 Å². The highest BCUT2D eigenvalue weighted by atomic mass is 16.5. The first-order valence-corrected chi connectivity index (χ1v) is 4.98. The molecule has 0 saturated heterocycles. The lowest BCUT2D eigenvalue weighted by atomic mass is 10.0. The fraction of sp³-hybridized carbons (Fsp3) is 0.0714. The summed E-state index contributed by atoms with van der Waals surface area (Å²) in [5, 5.41) is 10.8. The monoisotopic (exact) mass is 209 g/mol. The van der Waals surface area contributed by atoms with Crippen LogP contribution in [0, 0.1) is 11.3 Å². The molecule has 2 aromatic rings. The highest BCUT2D eigenvalue weighted by Crippen LogP contribution is 2.26. The van der Waals surface area contributed by atoms with Crippen LogP contribution in [-0.4, -0.2) is 7.11 Å². The molecule has 0 N–H and O–H groups in total. The molecule has 2 nitrogen and oxygen atoms in total. The third-order valence-corrected chi connectivity index (χ3v) is 2.44. The molecule has 0 atom stereocenters. The maximum absolute atomic E-state index is 8.56. The normalized spacial score (nSPS) is 10.5. The summed E-state index contributed by atoms with van der Waals surface area (Å²) in [7, 11) is 1.64. The summed E-state index contributed by atoms with van der Waals surface area (Å²) in [6, 6.07) is 13.9. The number of rotatable bonds is 2. The van der Waals surface area contributed by atoms with Crippen molar-refractivity contribution >= 4 is 16.8 Å². The molecule has 2 aromatic carbocycles. The molecule has 16 heavy (non-hydrogen) atoms. The van der Waals surface area contributed by atoms with Crippen molar-refractivity contribution in [1.82, 2.24) is 0 Å². The first-order valence-electron chi connectivity index (χ1n) is 4.98. The Kier molecular flexibility index (Phi) is 2.88. The molecule has 0 amide bonds. The van der Waals surface area contributed by atoms with Crippen molar-refractivity contribution in [2.45, 2.75) is 0 Å². The second kappa shape index (κ2) is 4.50. The van der Waals surface area contributed by atoms with E-state index in [1.54, 1.807) is 13.2 Å². The number of hydrogen-bond acceptors (Lipinski definition) is 2. The molecule has 0 aliphatic heterocycles. The molecule has 2 heteroatoms. The lowest BCUT2D eigenvalue weighted by Gasteiger charge is -2.06. The smallest absolute Gasteiger partial charge is 0.120 e. The highest BCUT2D eigenvalue weighted by Gasteiger charge is 2.01. The van der Waals surface area contributed by atoms with Gasteiger partial charge in [-0.3, -0.25) is 0 Å². The molecule has 0 aromatic heterocycles. The van der Waals surface area contributed by atoms with Crippen LogP contribution in [0.25, 0.3) is 16.8 Å². The fourth-order valence-electron chi connectivity index (χ4n) is 1.69. The van der Waals surface area contributed by atoms with Gasteiger partial charge in [0.05, 0.1) is 13.2 Å². The van der Waals surface area contributed by atoms with Crippen LogP contribution in [0.15, 0.2) is 42.5 Å². The van der Waals surface area contributed by atoms with Crippen LogP contribution in [0.1, 0.15) is 5.56 Å². The van der Waals surface area contributed by atoms with Crippen molar-refractivity contribution in [2.75, 3.05) is 7.11 Å². The number of allylic oxidation sites excluding steroid dienone is 1. The molecule has 0 unspecified atom stereocenters. The summed E-state index contributed by atoms with van der Waals surface area (Å²) in [6.07, 6.45) is 3.27. The van der Waals surface area contributed by atoms with Gasteiger partial charge in [-0.15, -0.1) is 0 Å². The van der Waals surface area contributed by atoms with Gasteiger partial charge >= 0.3 is 0 Å². The van der Waals surface area contributed by atoms with Gasteiger partial charge in [0.1, 0.15) is 5.75 Å². The molecule has 0 heterocycles. The van der Waals surface area contributed by atoms with Gasteiger partial charge in [-0.2, -0.15) is 5.26 Å². The Bertz CT molecular complexity index is 579. The number of fused-ring (bicyclic) bond motifs is 1. The first-order chi connectivity index (χ1) is 7.85. The minimum Gasteiger partial charge on any atom is -0.497 e. The zero-order valence-corrected chi connectivity index (χ0v) is 8.97. The lowest BCUT2D eigenvalue weighted by Crippen LogP contribution is -1.85. The van der Waals surface area contributed by atoms with E-state index in [-0.39, 0.29) is 0 Å². The molecular weight excluding hydrogens is 198 g/mol. The quantitative estimate of drug-likeness (QED) is 0.710. The van der Waals surface area contributed by atoms with Crippen LogP contribution in [0.5, 0.6) is 5.75 Å². The fourth-order valence-corrected chi connectivity index (χ4v) is 1.69. The Morgan fingerprint density at radius 3 is 2.81 bits per heavy atom. The maximum atomic E-state index is 8.56. The standard InChI is InChI=1S/C14H11NO/c1-16-13-9-11-5-2-3-7-14(11)12(10-13)6-4-8-15/h2-7,9-10H,1H3/b6-4+. The summed E-state index contributed by atoms with van der Waals surface area (Å²) in [4.78, 5) is 0. The zero-order valence-electron chi connectivity index (χ0n) is 8.97. The summed E-state index contributed by atoms with van der Waals surface area (Å²) in [5.41, 5.74) is 0.997. The van der Waals surface area contributed by atoms with Crippen LogP contribution in [0.4, 0.5) is 0 Å². The van der Waals surface area contributed by atoms with E-state index in [4.69, 9.17) is 10.00 Å². The van der Waals surface area contributed by atoms with Crippen molar-refractivity contribution in [3.05, 3.63) is 48.0 Å². The average Bonchev–Trinajstić information content (AvgIpc) is 2.35. The molecule has 0 aliphatic rings. The van der Waals surface area contributed by atoms with E-state index in [1.165, 1.54) is 6.08 Å². The van der Waals surface area contributed by atoms with Crippen LogP contribution in [0.2, 0.25) is 0 Å². The van der Waals surface area contributed by atoms with E-state index in [0.29, 0.717) is 0 Å². The first kappa shape index (κ1) is 10.3. The van der Waals surface area contributed by atoms with Crippen LogP contribution in [-0.2, 0) is 0 Å². The Labute approximate surface area is 94.4 Å². The molecule has 0 spiro atoms.